The highest BCUT2D eigenvalue weighted by molar-refractivity contribution is 7.09. The molecule has 7 heteroatoms. The lowest BCUT2D eigenvalue weighted by Gasteiger charge is -2.46. The second-order valence-electron chi connectivity index (χ2n) is 18.1. The molecule has 1 aromatic carbocycles. The first-order valence-corrected chi connectivity index (χ1v) is 22.0. The van der Waals surface area contributed by atoms with Gasteiger partial charge >= 0.3 is 6.09 Å². The Morgan fingerprint density at radius 1 is 1.04 bits per heavy atom. The molecule has 2 aromatic rings. The minimum atomic E-state index is -1.18. The zero-order chi connectivity index (χ0) is 37.8. The van der Waals surface area contributed by atoms with Crippen LogP contribution in [0.2, 0.25) is 0 Å². The summed E-state index contributed by atoms with van der Waals surface area (Å²) in [6.07, 6.45) is 15.3. The van der Waals surface area contributed by atoms with Crippen molar-refractivity contribution in [1.29, 1.82) is 0 Å². The first-order valence-electron chi connectivity index (χ1n) is 21.1. The van der Waals surface area contributed by atoms with E-state index < -0.39 is 17.1 Å². The number of allylic oxidation sites excluding steroid dienone is 2. The van der Waals surface area contributed by atoms with Gasteiger partial charge in [0.05, 0.1) is 18.2 Å². The van der Waals surface area contributed by atoms with Crippen LogP contribution in [0.5, 0.6) is 0 Å². The van der Waals surface area contributed by atoms with Crippen LogP contribution in [0, 0.1) is 29.1 Å². The molecule has 0 aliphatic heterocycles. The molecule has 5 aliphatic rings. The molecule has 0 radical (unpaired) electrons. The van der Waals surface area contributed by atoms with Crippen LogP contribution in [0.4, 0.5) is 4.79 Å². The van der Waals surface area contributed by atoms with Gasteiger partial charge in [0.2, 0.25) is 0 Å². The Hall–Kier alpha value is -2.48. The second-order valence-corrected chi connectivity index (χ2v) is 19.2. The number of carbonyl (C=O) groups is 2. The van der Waals surface area contributed by atoms with Crippen molar-refractivity contribution in [2.24, 2.45) is 29.1 Å². The highest BCUT2D eigenvalue weighted by Crippen LogP contribution is 2.59. The van der Waals surface area contributed by atoms with Crippen LogP contribution in [-0.4, -0.2) is 57.9 Å². The lowest BCUT2D eigenvalue weighted by atomic mass is 9.64. The molecular weight excluding hydrogens is 679 g/mol. The second kappa shape index (κ2) is 17.5. The number of ether oxygens (including phenoxy) is 1. The van der Waals surface area contributed by atoms with E-state index in [1.807, 2.05) is 4.90 Å². The van der Waals surface area contributed by atoms with E-state index in [4.69, 9.17) is 4.74 Å². The van der Waals surface area contributed by atoms with E-state index in [1.54, 1.807) is 11.3 Å². The van der Waals surface area contributed by atoms with E-state index in [1.165, 1.54) is 23.3 Å². The molecule has 2 bridgehead atoms. The van der Waals surface area contributed by atoms with E-state index in [-0.39, 0.29) is 36.4 Å². The van der Waals surface area contributed by atoms with Crippen LogP contribution in [-0.2, 0) is 17.6 Å². The van der Waals surface area contributed by atoms with E-state index in [0.29, 0.717) is 50.0 Å². The summed E-state index contributed by atoms with van der Waals surface area (Å²) in [5.74, 6) is 1.50. The van der Waals surface area contributed by atoms with Crippen molar-refractivity contribution in [3.05, 3.63) is 68.9 Å². The Morgan fingerprint density at radius 3 is 2.57 bits per heavy atom. The van der Waals surface area contributed by atoms with Gasteiger partial charge in [-0.1, -0.05) is 83.2 Å². The largest absolute Gasteiger partial charge is 0.446 e. The monoisotopic (exact) mass is 745 g/mol. The van der Waals surface area contributed by atoms with Gasteiger partial charge in [-0.2, -0.15) is 0 Å². The summed E-state index contributed by atoms with van der Waals surface area (Å²) in [4.78, 5) is 31.9. The molecular formula is C46H67NO5S. The minimum absolute atomic E-state index is 0.0263. The molecule has 1 amide bonds. The number of thiophene rings is 1. The standard InChI is InChI=1S/C46H67NO5S/c1-31(2)38-19-16-33(4)27-42(38)52-44(50)47(25-22-37-14-10-26-53-37)30-46(51)24-21-41-39-20-17-34(29-40(39)43(49)35-12-7-6-8-13-35)28-36(48)18-15-32(3)11-9-23-45(41,46)5/h10-11,14,17,20,26,29,31,33,35-36,38,41-42,48,51H,6-9,12-13,15-16,18-19,21-25,27-28,30H2,1-5H3. The van der Waals surface area contributed by atoms with Crippen molar-refractivity contribution >= 4 is 23.2 Å². The number of fused-ring (bicyclic) bond motifs is 8. The normalized spacial score (nSPS) is 31.5. The van der Waals surface area contributed by atoms with Crippen LogP contribution >= 0.6 is 11.3 Å². The Balaban J connectivity index is 1.36. The zero-order valence-electron chi connectivity index (χ0n) is 33.3. The number of hydrogen-bond donors (Lipinski definition) is 2. The molecule has 0 saturated heterocycles. The van der Waals surface area contributed by atoms with Gasteiger partial charge in [0, 0.05) is 28.3 Å². The lowest BCUT2D eigenvalue weighted by Crippen LogP contribution is -2.54. The predicted octanol–water partition coefficient (Wildman–Crippen LogP) is 10.7. The van der Waals surface area contributed by atoms with Crippen LogP contribution in [0.15, 0.2) is 47.4 Å². The molecule has 1 aromatic heterocycles. The number of aliphatic hydroxyl groups is 2. The van der Waals surface area contributed by atoms with Crippen LogP contribution < -0.4 is 0 Å². The first kappa shape index (κ1) is 40.2. The maximum Gasteiger partial charge on any atom is 0.410 e. The highest BCUT2D eigenvalue weighted by atomic mass is 32.1. The molecule has 3 fully saturated rings. The minimum Gasteiger partial charge on any atom is -0.446 e. The number of rotatable bonds is 9. The first-order chi connectivity index (χ1) is 25.4. The third kappa shape index (κ3) is 9.32. The molecule has 292 valence electrons. The predicted molar refractivity (Wildman–Crippen MR) is 216 cm³/mol. The molecule has 53 heavy (non-hydrogen) atoms. The van der Waals surface area contributed by atoms with Crippen molar-refractivity contribution < 1.29 is 24.5 Å². The smallest absolute Gasteiger partial charge is 0.410 e. The van der Waals surface area contributed by atoms with Gasteiger partial charge in [-0.3, -0.25) is 4.79 Å². The number of nitrogens with zero attached hydrogens (tertiary/aromatic N) is 1. The van der Waals surface area contributed by atoms with Crippen molar-refractivity contribution in [2.75, 3.05) is 13.1 Å². The summed E-state index contributed by atoms with van der Waals surface area (Å²) in [6, 6.07) is 10.5. The maximum absolute atomic E-state index is 14.5. The number of amides is 1. The third-order valence-corrected chi connectivity index (χ3v) is 15.0. The van der Waals surface area contributed by atoms with Gasteiger partial charge in [-0.25, -0.2) is 4.79 Å². The number of aliphatic hydroxyl groups excluding tert-OH is 1. The molecule has 0 spiro atoms. The van der Waals surface area contributed by atoms with Gasteiger partial charge in [0.25, 0.3) is 0 Å². The molecule has 5 aliphatic carbocycles. The Bertz CT molecular complexity index is 1560. The van der Waals surface area contributed by atoms with Gasteiger partial charge in [0.1, 0.15) is 6.10 Å². The quantitative estimate of drug-likeness (QED) is 0.197. The summed E-state index contributed by atoms with van der Waals surface area (Å²) >= 11 is 1.70. The summed E-state index contributed by atoms with van der Waals surface area (Å²) < 4.78 is 6.49. The Kier molecular flexibility index (Phi) is 13.3. The molecule has 1 heterocycles. The number of hydrogen-bond acceptors (Lipinski definition) is 6. The van der Waals surface area contributed by atoms with Crippen molar-refractivity contribution in [2.45, 2.75) is 161 Å². The van der Waals surface area contributed by atoms with Crippen LogP contribution in [0.1, 0.15) is 157 Å². The molecule has 7 atom stereocenters. The summed E-state index contributed by atoms with van der Waals surface area (Å²) in [6.45, 7) is 11.8. The molecule has 2 N–H and O–H groups in total. The number of carbonyl (C=O) groups excluding carboxylic acids is 2. The zero-order valence-corrected chi connectivity index (χ0v) is 34.1. The lowest BCUT2D eigenvalue weighted by molar-refractivity contribution is -0.0861. The number of benzene rings is 1. The number of ketones is 1. The third-order valence-electron chi connectivity index (χ3n) is 14.0. The van der Waals surface area contributed by atoms with Crippen molar-refractivity contribution in [3.8, 4) is 0 Å². The highest BCUT2D eigenvalue weighted by Gasteiger charge is 2.58. The van der Waals surface area contributed by atoms with E-state index in [0.717, 1.165) is 80.9 Å². The van der Waals surface area contributed by atoms with Gasteiger partial charge in [-0.05, 0) is 136 Å². The molecule has 6 nitrogen and oxygen atoms in total. The topological polar surface area (TPSA) is 87.1 Å². The molecule has 3 saturated carbocycles. The van der Waals surface area contributed by atoms with E-state index in [2.05, 4.69) is 76.4 Å². The summed E-state index contributed by atoms with van der Waals surface area (Å²) in [5, 5.41) is 26.2. The fourth-order valence-electron chi connectivity index (χ4n) is 10.5. The van der Waals surface area contributed by atoms with Gasteiger partial charge in [-0.15, -0.1) is 11.3 Å². The van der Waals surface area contributed by atoms with Crippen LogP contribution in [0.3, 0.4) is 0 Å². The van der Waals surface area contributed by atoms with Gasteiger partial charge in [0.15, 0.2) is 5.78 Å². The van der Waals surface area contributed by atoms with E-state index in [9.17, 15) is 19.8 Å². The Morgan fingerprint density at radius 2 is 1.83 bits per heavy atom. The molecule has 7 rings (SSSR count). The average molecular weight is 746 g/mol. The van der Waals surface area contributed by atoms with Crippen molar-refractivity contribution in [1.82, 2.24) is 4.90 Å². The Labute approximate surface area is 323 Å². The maximum atomic E-state index is 14.5. The van der Waals surface area contributed by atoms with Crippen molar-refractivity contribution in [3.63, 3.8) is 0 Å². The fourth-order valence-corrected chi connectivity index (χ4v) is 11.2. The van der Waals surface area contributed by atoms with Gasteiger partial charge < -0.3 is 19.8 Å². The molecule has 7 unspecified atom stereocenters. The summed E-state index contributed by atoms with van der Waals surface area (Å²) in [7, 11) is 0. The average Bonchev–Trinajstić information content (AvgIpc) is 3.74. The van der Waals surface area contributed by atoms with E-state index >= 15 is 0 Å². The summed E-state index contributed by atoms with van der Waals surface area (Å²) in [5.41, 5.74) is 2.32. The number of Topliss-reactive ketones (excluding diaryl/α,β-unsaturated/α-hetero) is 1. The fraction of sp³-hybridized carbons (Fsp3) is 0.696. The SMILES string of the molecule is CC1=CCCC2(C)C(CCC2(O)CN(CCc2cccs2)C(=O)OC2CC(C)CCC2C(C)C)c2ccc(cc2C(=O)C2CCCCC2)CC(O)CC1. The van der Waals surface area contributed by atoms with Crippen LogP contribution in [0.25, 0.3) is 0 Å².